The molecule has 0 amide bonds. The molecule has 1 aromatic heterocycles. The fourth-order valence-electron chi connectivity index (χ4n) is 0.782. The SMILES string of the molecule is CCn1c(Cl)c(Cl)c(Cl)c1Cl. The summed E-state index contributed by atoms with van der Waals surface area (Å²) >= 11 is 23.0. The number of aromatic nitrogens is 1. The zero-order chi connectivity index (χ0) is 8.59. The third-order valence-corrected chi connectivity index (χ3v) is 3.16. The highest BCUT2D eigenvalue weighted by Gasteiger charge is 2.15. The van der Waals surface area contributed by atoms with Crippen LogP contribution in [0.15, 0.2) is 0 Å². The zero-order valence-corrected chi connectivity index (χ0v) is 8.69. The van der Waals surface area contributed by atoms with Crippen molar-refractivity contribution in [3.8, 4) is 0 Å². The number of hydrogen-bond donors (Lipinski definition) is 0. The van der Waals surface area contributed by atoms with E-state index < -0.39 is 0 Å². The minimum Gasteiger partial charge on any atom is -0.320 e. The molecule has 0 spiro atoms. The molecule has 0 aliphatic heterocycles. The van der Waals surface area contributed by atoms with Crippen molar-refractivity contribution in [1.29, 1.82) is 0 Å². The highest BCUT2D eigenvalue weighted by atomic mass is 35.5. The van der Waals surface area contributed by atoms with Crippen molar-refractivity contribution in [3.63, 3.8) is 0 Å². The number of nitrogens with zero attached hydrogens (tertiary/aromatic N) is 1. The fraction of sp³-hybridized carbons (Fsp3) is 0.333. The van der Waals surface area contributed by atoms with Crippen LogP contribution in [0.25, 0.3) is 0 Å². The van der Waals surface area contributed by atoms with Gasteiger partial charge in [-0.2, -0.15) is 0 Å². The predicted octanol–water partition coefficient (Wildman–Crippen LogP) is 4.12. The molecule has 0 saturated heterocycles. The Kier molecular flexibility index (Phi) is 2.98. The van der Waals surface area contributed by atoms with Crippen LogP contribution in [0.4, 0.5) is 0 Å². The first-order chi connectivity index (χ1) is 5.09. The van der Waals surface area contributed by atoms with Gasteiger partial charge < -0.3 is 4.57 Å². The molecule has 0 radical (unpaired) electrons. The maximum Gasteiger partial charge on any atom is 0.130 e. The zero-order valence-electron chi connectivity index (χ0n) is 5.67. The van der Waals surface area contributed by atoms with Gasteiger partial charge in [0.15, 0.2) is 0 Å². The molecule has 11 heavy (non-hydrogen) atoms. The third-order valence-electron chi connectivity index (χ3n) is 1.35. The summed E-state index contributed by atoms with van der Waals surface area (Å²) < 4.78 is 1.63. The maximum atomic E-state index is 5.78. The van der Waals surface area contributed by atoms with Crippen molar-refractivity contribution in [2.45, 2.75) is 13.5 Å². The minimum absolute atomic E-state index is 0.320. The van der Waals surface area contributed by atoms with E-state index in [4.69, 9.17) is 46.4 Å². The Balaban J connectivity index is 3.36. The van der Waals surface area contributed by atoms with Crippen LogP contribution in [0.5, 0.6) is 0 Å². The summed E-state index contributed by atoms with van der Waals surface area (Å²) in [6.45, 7) is 2.56. The second-order valence-electron chi connectivity index (χ2n) is 1.95. The second kappa shape index (κ2) is 3.44. The summed E-state index contributed by atoms with van der Waals surface area (Å²) in [5.41, 5.74) is 0. The molecule has 0 N–H and O–H groups in total. The lowest BCUT2D eigenvalue weighted by atomic mass is 10.7. The largest absolute Gasteiger partial charge is 0.320 e. The topological polar surface area (TPSA) is 4.93 Å². The Morgan fingerprint density at radius 1 is 1.00 bits per heavy atom. The van der Waals surface area contributed by atoms with Crippen LogP contribution in [-0.2, 0) is 6.54 Å². The van der Waals surface area contributed by atoms with Gasteiger partial charge in [-0.25, -0.2) is 0 Å². The van der Waals surface area contributed by atoms with Gasteiger partial charge in [-0.3, -0.25) is 0 Å². The van der Waals surface area contributed by atoms with Gasteiger partial charge in [-0.05, 0) is 6.92 Å². The molecule has 0 saturated carbocycles. The molecule has 1 aromatic rings. The van der Waals surface area contributed by atoms with Crippen molar-refractivity contribution in [2.24, 2.45) is 0 Å². The monoisotopic (exact) mass is 231 g/mol. The van der Waals surface area contributed by atoms with Crippen molar-refractivity contribution in [3.05, 3.63) is 20.4 Å². The standard InChI is InChI=1S/C6H5Cl4N/c1-2-11-5(9)3(7)4(8)6(11)10/h2H2,1H3. The summed E-state index contributed by atoms with van der Waals surface area (Å²) in [7, 11) is 0. The molecule has 5 heteroatoms. The highest BCUT2D eigenvalue weighted by Crippen LogP contribution is 2.38. The summed E-state index contributed by atoms with van der Waals surface area (Å²) in [5.74, 6) is 0. The van der Waals surface area contributed by atoms with Crippen LogP contribution in [0.2, 0.25) is 20.4 Å². The van der Waals surface area contributed by atoms with Crippen molar-refractivity contribution >= 4 is 46.4 Å². The molecule has 1 heterocycles. The van der Waals surface area contributed by atoms with E-state index in [1.807, 2.05) is 6.92 Å². The van der Waals surface area contributed by atoms with Crippen LogP contribution < -0.4 is 0 Å². The van der Waals surface area contributed by atoms with Gasteiger partial charge in [-0.15, -0.1) is 0 Å². The average molecular weight is 233 g/mol. The first-order valence-corrected chi connectivity index (χ1v) is 4.49. The first-order valence-electron chi connectivity index (χ1n) is 2.98. The lowest BCUT2D eigenvalue weighted by Gasteiger charge is -1.99. The summed E-state index contributed by atoms with van der Waals surface area (Å²) in [5, 5.41) is 1.42. The van der Waals surface area contributed by atoms with Crippen LogP contribution in [0.3, 0.4) is 0 Å². The van der Waals surface area contributed by atoms with Crippen LogP contribution in [-0.4, -0.2) is 4.57 Å². The van der Waals surface area contributed by atoms with Crippen molar-refractivity contribution in [2.75, 3.05) is 0 Å². The van der Waals surface area contributed by atoms with Gasteiger partial charge in [0.05, 0.1) is 10.0 Å². The van der Waals surface area contributed by atoms with Crippen LogP contribution >= 0.6 is 46.4 Å². The molecule has 1 rings (SSSR count). The summed E-state index contributed by atoms with van der Waals surface area (Å²) in [6, 6.07) is 0. The summed E-state index contributed by atoms with van der Waals surface area (Å²) in [6.07, 6.45) is 0. The Hall–Kier alpha value is 0.440. The fourth-order valence-corrected chi connectivity index (χ4v) is 1.90. The number of halogens is 4. The molecule has 62 valence electrons. The van der Waals surface area contributed by atoms with E-state index in [1.54, 1.807) is 4.57 Å². The van der Waals surface area contributed by atoms with E-state index in [1.165, 1.54) is 0 Å². The Morgan fingerprint density at radius 2 is 1.36 bits per heavy atom. The van der Waals surface area contributed by atoms with E-state index in [9.17, 15) is 0 Å². The highest BCUT2D eigenvalue weighted by molar-refractivity contribution is 6.52. The normalized spacial score (nSPS) is 10.6. The Morgan fingerprint density at radius 3 is 1.55 bits per heavy atom. The van der Waals surface area contributed by atoms with E-state index >= 15 is 0 Å². The van der Waals surface area contributed by atoms with E-state index in [-0.39, 0.29) is 0 Å². The van der Waals surface area contributed by atoms with Gasteiger partial charge in [0.2, 0.25) is 0 Å². The average Bonchev–Trinajstić information content (AvgIpc) is 2.17. The molecule has 0 bridgehead atoms. The molecule has 0 aliphatic rings. The van der Waals surface area contributed by atoms with Crippen LogP contribution in [0.1, 0.15) is 6.92 Å². The van der Waals surface area contributed by atoms with Crippen LogP contribution in [0, 0.1) is 0 Å². The summed E-state index contributed by atoms with van der Waals surface area (Å²) in [4.78, 5) is 0. The molecule has 0 atom stereocenters. The predicted molar refractivity (Wildman–Crippen MR) is 50.1 cm³/mol. The van der Waals surface area contributed by atoms with Gasteiger partial charge in [0.25, 0.3) is 0 Å². The van der Waals surface area contributed by atoms with Gasteiger partial charge in [-0.1, -0.05) is 46.4 Å². The molecule has 1 nitrogen and oxygen atoms in total. The van der Waals surface area contributed by atoms with E-state index in [0.717, 1.165) is 0 Å². The molecular formula is C6H5Cl4N. The van der Waals surface area contributed by atoms with Gasteiger partial charge in [0, 0.05) is 6.54 Å². The van der Waals surface area contributed by atoms with Crippen molar-refractivity contribution < 1.29 is 0 Å². The smallest absolute Gasteiger partial charge is 0.130 e. The molecule has 0 unspecified atom stereocenters. The minimum atomic E-state index is 0.320. The van der Waals surface area contributed by atoms with E-state index in [2.05, 4.69) is 0 Å². The van der Waals surface area contributed by atoms with Crippen molar-refractivity contribution in [1.82, 2.24) is 4.57 Å². The number of rotatable bonds is 1. The molecule has 0 fully saturated rings. The maximum absolute atomic E-state index is 5.78. The first kappa shape index (κ1) is 9.53. The third kappa shape index (κ3) is 1.48. The molecule has 0 aliphatic carbocycles. The van der Waals surface area contributed by atoms with Gasteiger partial charge in [0.1, 0.15) is 10.3 Å². The molecular weight excluding hydrogens is 228 g/mol. The second-order valence-corrected chi connectivity index (χ2v) is 3.43. The Bertz CT molecular complexity index is 253. The lowest BCUT2D eigenvalue weighted by Crippen LogP contribution is -1.92. The molecule has 0 aromatic carbocycles. The quantitative estimate of drug-likeness (QED) is 0.687. The van der Waals surface area contributed by atoms with Gasteiger partial charge >= 0.3 is 0 Å². The number of hydrogen-bond acceptors (Lipinski definition) is 0. The Labute approximate surface area is 84.8 Å². The lowest BCUT2D eigenvalue weighted by molar-refractivity contribution is 0.771. The van der Waals surface area contributed by atoms with E-state index in [0.29, 0.717) is 26.9 Å².